The molecular weight excluding hydrogens is 184 g/mol. The fourth-order valence-electron chi connectivity index (χ4n) is 2.52. The van der Waals surface area contributed by atoms with Crippen molar-refractivity contribution < 1.29 is 0 Å². The maximum atomic E-state index is 3.43. The third-order valence-corrected chi connectivity index (χ3v) is 3.29. The lowest BCUT2D eigenvalue weighted by atomic mass is 9.78. The summed E-state index contributed by atoms with van der Waals surface area (Å²) in [6, 6.07) is 0. The first kappa shape index (κ1) is 13.0. The van der Waals surface area contributed by atoms with Crippen molar-refractivity contribution in [3.8, 4) is 0 Å². The first-order chi connectivity index (χ1) is 7.04. The number of hydrogen-bond donors (Lipinski definition) is 1. The van der Waals surface area contributed by atoms with Gasteiger partial charge in [-0.2, -0.15) is 0 Å². The molecule has 0 aliphatic carbocycles. The Labute approximate surface area is 95.4 Å². The lowest BCUT2D eigenvalue weighted by molar-refractivity contribution is 0.207. The summed E-state index contributed by atoms with van der Waals surface area (Å²) in [4.78, 5) is 2.48. The second kappa shape index (κ2) is 5.86. The van der Waals surface area contributed by atoms with Gasteiger partial charge in [-0.25, -0.2) is 0 Å². The molecule has 2 aliphatic heterocycles. The fraction of sp³-hybridized carbons (Fsp3) is 1.00. The van der Waals surface area contributed by atoms with Gasteiger partial charge in [-0.15, -0.1) is 0 Å². The van der Waals surface area contributed by atoms with E-state index in [0.29, 0.717) is 5.41 Å². The highest BCUT2D eigenvalue weighted by Gasteiger charge is 2.37. The van der Waals surface area contributed by atoms with Crippen LogP contribution in [0.1, 0.15) is 40.0 Å². The van der Waals surface area contributed by atoms with Gasteiger partial charge in [-0.05, 0) is 57.3 Å². The molecule has 0 saturated carbocycles. The van der Waals surface area contributed by atoms with Crippen LogP contribution < -0.4 is 5.32 Å². The predicted molar refractivity (Wildman–Crippen MR) is 67.2 cm³/mol. The molecule has 15 heavy (non-hydrogen) atoms. The summed E-state index contributed by atoms with van der Waals surface area (Å²) in [6.45, 7) is 11.6. The third-order valence-electron chi connectivity index (χ3n) is 3.29. The van der Waals surface area contributed by atoms with Gasteiger partial charge in [0.05, 0.1) is 0 Å². The van der Waals surface area contributed by atoms with Gasteiger partial charge in [0, 0.05) is 6.54 Å². The average Bonchev–Trinajstić information content (AvgIpc) is 2.48. The Morgan fingerprint density at radius 2 is 1.60 bits per heavy atom. The van der Waals surface area contributed by atoms with E-state index in [-0.39, 0.29) is 0 Å². The number of hydrogen-bond acceptors (Lipinski definition) is 2. The van der Waals surface area contributed by atoms with Crippen LogP contribution >= 0.6 is 0 Å². The highest BCUT2D eigenvalue weighted by molar-refractivity contribution is 4.91. The molecule has 2 nitrogen and oxygen atoms in total. The average molecular weight is 212 g/mol. The topological polar surface area (TPSA) is 15.3 Å². The molecule has 2 heteroatoms. The Bertz CT molecular complexity index is 163. The molecule has 2 aliphatic rings. The summed E-state index contributed by atoms with van der Waals surface area (Å²) in [7, 11) is 2.25. The summed E-state index contributed by atoms with van der Waals surface area (Å²) in [5.74, 6) is 0.833. The zero-order valence-corrected chi connectivity index (χ0v) is 11.0. The van der Waals surface area contributed by atoms with Crippen LogP contribution in [0.5, 0.6) is 0 Å². The molecule has 2 saturated heterocycles. The van der Waals surface area contributed by atoms with Crippen LogP contribution in [-0.2, 0) is 0 Å². The van der Waals surface area contributed by atoms with E-state index in [9.17, 15) is 0 Å². The minimum atomic E-state index is 0.708. The number of nitrogens with one attached hydrogen (secondary N) is 1. The van der Waals surface area contributed by atoms with Crippen LogP contribution in [-0.4, -0.2) is 38.1 Å². The minimum Gasteiger partial charge on any atom is -0.317 e. The van der Waals surface area contributed by atoms with Gasteiger partial charge in [-0.1, -0.05) is 20.8 Å². The molecule has 0 aromatic heterocycles. The quantitative estimate of drug-likeness (QED) is 0.663. The van der Waals surface area contributed by atoms with E-state index in [1.165, 1.54) is 45.4 Å². The molecule has 0 amide bonds. The minimum absolute atomic E-state index is 0.708. The van der Waals surface area contributed by atoms with Crippen LogP contribution in [0.25, 0.3) is 0 Å². The maximum Gasteiger partial charge on any atom is 0.00364 e. The van der Waals surface area contributed by atoms with E-state index in [4.69, 9.17) is 0 Å². The Balaban J connectivity index is 0.000000245. The molecule has 0 aromatic rings. The predicted octanol–water partition coefficient (Wildman–Crippen LogP) is 2.35. The third kappa shape index (κ3) is 4.52. The number of nitrogens with zero attached hydrogens (tertiary/aromatic N) is 1. The van der Waals surface area contributed by atoms with Gasteiger partial charge in [0.15, 0.2) is 0 Å². The van der Waals surface area contributed by atoms with Crippen molar-refractivity contribution in [2.45, 2.75) is 40.0 Å². The number of piperidine rings is 1. The second-order valence-corrected chi connectivity index (χ2v) is 5.97. The molecule has 0 aromatic carbocycles. The Morgan fingerprint density at radius 3 is 2.00 bits per heavy atom. The van der Waals surface area contributed by atoms with E-state index in [1.54, 1.807) is 0 Å². The second-order valence-electron chi connectivity index (χ2n) is 5.97. The van der Waals surface area contributed by atoms with Crippen molar-refractivity contribution in [3.63, 3.8) is 0 Å². The highest BCUT2D eigenvalue weighted by Crippen LogP contribution is 2.37. The van der Waals surface area contributed by atoms with Gasteiger partial charge >= 0.3 is 0 Å². The van der Waals surface area contributed by atoms with Crippen molar-refractivity contribution >= 4 is 0 Å². The number of rotatable bonds is 0. The van der Waals surface area contributed by atoms with Gasteiger partial charge in [0.25, 0.3) is 0 Å². The molecular formula is C13H28N2. The largest absolute Gasteiger partial charge is 0.317 e. The lowest BCUT2D eigenvalue weighted by Crippen LogP contribution is -2.38. The SMILES string of the molecule is CC(C)C.CN1CCC2(CCNCC2)C1. The Kier molecular flexibility index (Phi) is 5.07. The van der Waals surface area contributed by atoms with Crippen molar-refractivity contribution in [2.75, 3.05) is 33.2 Å². The van der Waals surface area contributed by atoms with Gasteiger partial charge in [0.1, 0.15) is 0 Å². The molecule has 2 fully saturated rings. The van der Waals surface area contributed by atoms with E-state index >= 15 is 0 Å². The Hall–Kier alpha value is -0.0800. The smallest absolute Gasteiger partial charge is 0.00364 e. The summed E-state index contributed by atoms with van der Waals surface area (Å²) in [5.41, 5.74) is 0.708. The highest BCUT2D eigenvalue weighted by atomic mass is 15.1. The van der Waals surface area contributed by atoms with Crippen LogP contribution in [0.3, 0.4) is 0 Å². The number of likely N-dealkylation sites (tertiary alicyclic amines) is 1. The summed E-state index contributed by atoms with van der Waals surface area (Å²) in [6.07, 6.45) is 4.24. The molecule has 0 unspecified atom stereocenters. The van der Waals surface area contributed by atoms with Crippen molar-refractivity contribution in [1.82, 2.24) is 10.2 Å². The molecule has 1 spiro atoms. The molecule has 1 N–H and O–H groups in total. The van der Waals surface area contributed by atoms with E-state index in [2.05, 4.69) is 38.0 Å². The molecule has 0 radical (unpaired) electrons. The standard InChI is InChI=1S/C9H18N2.C4H10/c1-11-7-4-9(8-11)2-5-10-6-3-9;1-4(2)3/h10H,2-8H2,1H3;4H,1-3H3. The van der Waals surface area contributed by atoms with Gasteiger partial charge in [-0.3, -0.25) is 0 Å². The molecule has 2 heterocycles. The molecule has 2 rings (SSSR count). The van der Waals surface area contributed by atoms with E-state index < -0.39 is 0 Å². The van der Waals surface area contributed by atoms with E-state index in [0.717, 1.165) is 5.92 Å². The van der Waals surface area contributed by atoms with Crippen LogP contribution in [0, 0.1) is 11.3 Å². The maximum absolute atomic E-state index is 3.43. The normalized spacial score (nSPS) is 25.4. The van der Waals surface area contributed by atoms with Crippen molar-refractivity contribution in [2.24, 2.45) is 11.3 Å². The summed E-state index contributed by atoms with van der Waals surface area (Å²) >= 11 is 0. The van der Waals surface area contributed by atoms with Crippen LogP contribution in [0.4, 0.5) is 0 Å². The molecule has 0 atom stereocenters. The van der Waals surface area contributed by atoms with E-state index in [1.807, 2.05) is 0 Å². The lowest BCUT2D eigenvalue weighted by Gasteiger charge is -2.33. The van der Waals surface area contributed by atoms with Gasteiger partial charge < -0.3 is 10.2 Å². The van der Waals surface area contributed by atoms with Crippen LogP contribution in [0.15, 0.2) is 0 Å². The van der Waals surface area contributed by atoms with Crippen LogP contribution in [0.2, 0.25) is 0 Å². The zero-order valence-electron chi connectivity index (χ0n) is 11.0. The first-order valence-corrected chi connectivity index (χ1v) is 6.43. The first-order valence-electron chi connectivity index (χ1n) is 6.43. The fourth-order valence-corrected chi connectivity index (χ4v) is 2.52. The van der Waals surface area contributed by atoms with Crippen molar-refractivity contribution in [3.05, 3.63) is 0 Å². The summed E-state index contributed by atoms with van der Waals surface area (Å²) < 4.78 is 0. The monoisotopic (exact) mass is 212 g/mol. The molecule has 90 valence electrons. The van der Waals surface area contributed by atoms with Gasteiger partial charge in [0.2, 0.25) is 0 Å². The Morgan fingerprint density at radius 1 is 1.07 bits per heavy atom. The summed E-state index contributed by atoms with van der Waals surface area (Å²) in [5, 5.41) is 3.43. The zero-order chi connectivity index (χ0) is 11.3. The molecule has 0 bridgehead atoms. The van der Waals surface area contributed by atoms with Crippen molar-refractivity contribution in [1.29, 1.82) is 0 Å².